The molecule has 10 heterocycles. The van der Waals surface area contributed by atoms with Crippen LogP contribution in [-0.4, -0.2) is 3.77 Å². The van der Waals surface area contributed by atoms with Crippen molar-refractivity contribution in [3.63, 3.8) is 0 Å². The Bertz CT molecular complexity index is 983. The number of hydrogen-bond acceptors (Lipinski definition) is 0. The van der Waals surface area contributed by atoms with Crippen molar-refractivity contribution in [2.45, 2.75) is 98.5 Å². The van der Waals surface area contributed by atoms with Crippen LogP contribution in [0.25, 0.3) is 0 Å². The third-order valence-corrected chi connectivity index (χ3v) is 63.4. The van der Waals surface area contributed by atoms with Gasteiger partial charge in [0.05, 0.1) is 0 Å². The van der Waals surface area contributed by atoms with Gasteiger partial charge in [0.2, 0.25) is 0 Å². The second-order valence-corrected chi connectivity index (χ2v) is 36.5. The molecule has 2 heteroatoms. The van der Waals surface area contributed by atoms with Gasteiger partial charge < -0.3 is 0 Å². The summed E-state index contributed by atoms with van der Waals surface area (Å²) < 4.78 is 1.55. The Balaban J connectivity index is 1.11. The van der Waals surface area contributed by atoms with Gasteiger partial charge in [-0.15, -0.1) is 0 Å². The summed E-state index contributed by atoms with van der Waals surface area (Å²) >= 11 is 7.60. The number of rotatable bonds is 7. The molecule has 10 saturated heterocycles. The Hall–Kier alpha value is 0.809. The Morgan fingerprint density at radius 1 is 0.800 bits per heavy atom. The summed E-state index contributed by atoms with van der Waals surface area (Å²) in [6, 6.07) is 0. The van der Waals surface area contributed by atoms with Gasteiger partial charge in [0.1, 0.15) is 0 Å². The molecular formula is C18H25ClFe. The molecule has 0 aliphatic carbocycles. The Kier molecular flexibility index (Phi) is 0.408. The molecule has 10 rings (SSSR count). The van der Waals surface area contributed by atoms with E-state index in [1.807, 2.05) is 0 Å². The van der Waals surface area contributed by atoms with Crippen LogP contribution in [0.2, 0.25) is 42.8 Å². The zero-order valence-electron chi connectivity index (χ0n) is 12.3. The topological polar surface area (TPSA) is 0 Å². The molecule has 5 atom stereocenters. The van der Waals surface area contributed by atoms with Crippen molar-refractivity contribution in [2.75, 3.05) is 0 Å². The molecule has 0 aromatic rings. The molecule has 20 heavy (non-hydrogen) atoms. The fourth-order valence-electron chi connectivity index (χ4n) is 18.5. The van der Waals surface area contributed by atoms with Crippen molar-refractivity contribution in [3.8, 4) is 0 Å². The van der Waals surface area contributed by atoms with E-state index in [1.165, 1.54) is 70.6 Å². The minimum atomic E-state index is -3.03. The Labute approximate surface area is 116 Å². The van der Waals surface area contributed by atoms with Crippen LogP contribution in [0, 0.1) is 0 Å². The van der Waals surface area contributed by atoms with Crippen molar-refractivity contribution in [1.29, 1.82) is 0 Å². The summed E-state index contributed by atoms with van der Waals surface area (Å²) in [5, 5.41) is 0. The van der Waals surface area contributed by atoms with Gasteiger partial charge in [0, 0.05) is 0 Å². The molecule has 10 aliphatic rings. The van der Waals surface area contributed by atoms with Crippen LogP contribution >= 0.6 is 11.6 Å². The van der Waals surface area contributed by atoms with Gasteiger partial charge in [-0.3, -0.25) is 0 Å². The Morgan fingerprint density at radius 3 is 1.80 bits per heavy atom. The van der Waals surface area contributed by atoms with Gasteiger partial charge in [-0.2, -0.15) is 0 Å². The summed E-state index contributed by atoms with van der Waals surface area (Å²) in [6.07, 6.45) is 10.6. The van der Waals surface area contributed by atoms with E-state index >= 15 is 0 Å². The van der Waals surface area contributed by atoms with Crippen LogP contribution in [0.1, 0.15) is 51.9 Å². The molecule has 10 aliphatic heterocycles. The molecular weight excluding hydrogens is 307 g/mol. The first-order chi connectivity index (χ1) is 9.50. The van der Waals surface area contributed by atoms with Gasteiger partial charge in [0.25, 0.3) is 0 Å². The second-order valence-electron chi connectivity index (χ2n) is 12.3. The molecule has 0 amide bonds. The Morgan fingerprint density at radius 2 is 1.40 bits per heavy atom. The predicted molar refractivity (Wildman–Crippen MR) is 79.3 cm³/mol. The van der Waals surface area contributed by atoms with E-state index in [0.29, 0.717) is 3.77 Å². The first kappa shape index (κ1) is 9.19. The maximum absolute atomic E-state index is 7.60. The molecule has 112 valence electrons. The second kappa shape index (κ2) is 0.889. The summed E-state index contributed by atoms with van der Waals surface area (Å²) in [6.45, 7) is -0.705. The van der Waals surface area contributed by atoms with E-state index in [1.54, 1.807) is 12.8 Å². The van der Waals surface area contributed by atoms with Crippen molar-refractivity contribution in [3.05, 3.63) is 0 Å². The predicted octanol–water partition coefficient (Wildman–Crippen LogP) is 6.64. The van der Waals surface area contributed by atoms with E-state index in [2.05, 4.69) is 6.92 Å². The van der Waals surface area contributed by atoms with E-state index in [4.69, 9.17) is 11.6 Å². The molecule has 10 fully saturated rings. The molecule has 0 saturated carbocycles. The van der Waals surface area contributed by atoms with Crippen molar-refractivity contribution >= 4 is 11.6 Å². The first-order valence-electron chi connectivity index (χ1n) is 9.40. The first-order valence-corrected chi connectivity index (χ1v) is 16.0. The van der Waals surface area contributed by atoms with Crippen LogP contribution in [-0.2, 0) is 6.51 Å². The molecule has 0 N–H and O–H groups in total. The van der Waals surface area contributed by atoms with Crippen molar-refractivity contribution in [2.24, 2.45) is 0 Å². The monoisotopic (exact) mass is 332 g/mol. The van der Waals surface area contributed by atoms with Crippen LogP contribution in [0.4, 0.5) is 0 Å². The summed E-state index contributed by atoms with van der Waals surface area (Å²) in [4.78, 5) is 11.1. The summed E-state index contributed by atoms with van der Waals surface area (Å²) in [5.41, 5.74) is 0. The zero-order chi connectivity index (χ0) is 12.9. The average molecular weight is 333 g/mol. The number of fused-ring (bicyclic) bond motifs is 10. The van der Waals surface area contributed by atoms with E-state index in [9.17, 15) is 0 Å². The fraction of sp³-hybridized carbons (Fsp3) is 1.00. The molecule has 1 spiro atoms. The molecule has 5 unspecified atom stereocenters. The fourth-order valence-corrected chi connectivity index (χ4v) is 99.6. The van der Waals surface area contributed by atoms with Crippen LogP contribution in [0.15, 0.2) is 0 Å². The SMILES string of the molecule is CCCCCCCC[C]12[CH]3[CH]4[CH]5[C]1(Cl)[Fe]45321678[CH]2[CH]1[CH]6[CH]7[CH]28. The molecule has 0 aromatic heterocycles. The van der Waals surface area contributed by atoms with Crippen molar-refractivity contribution in [1.82, 2.24) is 0 Å². The molecule has 0 bridgehead atoms. The van der Waals surface area contributed by atoms with Gasteiger partial charge in [-0.1, -0.05) is 0 Å². The standard InChI is InChI=1S/C13H20Cl.C5H5.Fe/c1-2-3-4-5-6-7-9-12-10-8-11-13(12)14;1-2-4-5-3-1;/h8,10-11H,2-7,9H2,1H3;1-5H;. The third kappa shape index (κ3) is 0.106. The van der Waals surface area contributed by atoms with Crippen LogP contribution < -0.4 is 0 Å². The molecule has 0 aromatic carbocycles. The van der Waals surface area contributed by atoms with E-state index in [-0.39, 0.29) is 0 Å². The molecule has 0 nitrogen and oxygen atoms in total. The van der Waals surface area contributed by atoms with E-state index in [0.717, 1.165) is 4.31 Å². The number of unbranched alkanes of at least 4 members (excludes halogenated alkanes) is 5. The zero-order valence-corrected chi connectivity index (χ0v) is 14.2. The van der Waals surface area contributed by atoms with Gasteiger partial charge in [0.15, 0.2) is 0 Å². The molecule has 0 radical (unpaired) electrons. The number of alkyl halides is 1. The van der Waals surface area contributed by atoms with Gasteiger partial charge >= 0.3 is 117 Å². The van der Waals surface area contributed by atoms with E-state index < -0.39 is 6.51 Å². The minimum absolute atomic E-state index is 0.607. The normalized spacial score (nSPS) is 107. The van der Waals surface area contributed by atoms with Crippen LogP contribution in [0.5, 0.6) is 0 Å². The van der Waals surface area contributed by atoms with Gasteiger partial charge in [-0.05, 0) is 0 Å². The third-order valence-electron chi connectivity index (χ3n) is 16.9. The quantitative estimate of drug-likeness (QED) is 0.278. The summed E-state index contributed by atoms with van der Waals surface area (Å²) in [5.74, 6) is 0. The number of hydrogen-bond donors (Lipinski definition) is 0. The average Bonchev–Trinajstić information content (AvgIpc) is 3.38. The van der Waals surface area contributed by atoms with Gasteiger partial charge in [-0.25, -0.2) is 0 Å². The summed E-state index contributed by atoms with van der Waals surface area (Å²) in [7, 11) is 0. The number of halogens is 1. The van der Waals surface area contributed by atoms with Crippen LogP contribution in [0.3, 0.4) is 0 Å². The van der Waals surface area contributed by atoms with Crippen molar-refractivity contribution < 1.29 is 6.51 Å². The maximum atomic E-state index is 7.60.